The van der Waals surface area contributed by atoms with Crippen molar-refractivity contribution >= 4 is 17.7 Å². The standard InChI is InChI=1S/C17H19N3O4/c1-12(21)20-11-13-4-6-14(7-5-13)16(22)18-8-9-19-17(23)15-3-2-10-24-15/h2-7,10H,8-9,11H2,1H3,(H,18,22)(H,19,23)(H,20,21). The van der Waals surface area contributed by atoms with Gasteiger partial charge in [-0.15, -0.1) is 0 Å². The molecule has 0 spiro atoms. The van der Waals surface area contributed by atoms with Gasteiger partial charge < -0.3 is 20.4 Å². The number of carbonyl (C=O) groups excluding carboxylic acids is 3. The molecule has 0 saturated heterocycles. The van der Waals surface area contributed by atoms with Crippen LogP contribution in [0.1, 0.15) is 33.4 Å². The monoisotopic (exact) mass is 329 g/mol. The largest absolute Gasteiger partial charge is 0.459 e. The van der Waals surface area contributed by atoms with E-state index in [1.54, 1.807) is 36.4 Å². The summed E-state index contributed by atoms with van der Waals surface area (Å²) in [6.45, 7) is 2.48. The Morgan fingerprint density at radius 1 is 0.917 bits per heavy atom. The van der Waals surface area contributed by atoms with Gasteiger partial charge in [0.05, 0.1) is 6.26 Å². The Kier molecular flexibility index (Phi) is 6.13. The van der Waals surface area contributed by atoms with Gasteiger partial charge >= 0.3 is 0 Å². The van der Waals surface area contributed by atoms with Crippen LogP contribution >= 0.6 is 0 Å². The molecule has 0 fully saturated rings. The van der Waals surface area contributed by atoms with E-state index in [0.717, 1.165) is 5.56 Å². The molecule has 0 radical (unpaired) electrons. The quantitative estimate of drug-likeness (QED) is 0.662. The van der Waals surface area contributed by atoms with Gasteiger partial charge in [0, 0.05) is 32.1 Å². The van der Waals surface area contributed by atoms with Gasteiger partial charge in [-0.3, -0.25) is 14.4 Å². The molecule has 0 aliphatic rings. The van der Waals surface area contributed by atoms with Crippen molar-refractivity contribution < 1.29 is 18.8 Å². The van der Waals surface area contributed by atoms with Crippen LogP contribution in [0.25, 0.3) is 0 Å². The molecular weight excluding hydrogens is 310 g/mol. The highest BCUT2D eigenvalue weighted by atomic mass is 16.3. The molecule has 0 unspecified atom stereocenters. The van der Waals surface area contributed by atoms with E-state index in [2.05, 4.69) is 16.0 Å². The smallest absolute Gasteiger partial charge is 0.287 e. The fourth-order valence-electron chi connectivity index (χ4n) is 1.95. The number of rotatable bonds is 7. The van der Waals surface area contributed by atoms with E-state index in [9.17, 15) is 14.4 Å². The van der Waals surface area contributed by atoms with Gasteiger partial charge in [0.2, 0.25) is 5.91 Å². The predicted octanol–water partition coefficient (Wildman–Crippen LogP) is 1.08. The second-order valence-electron chi connectivity index (χ2n) is 5.10. The summed E-state index contributed by atoms with van der Waals surface area (Å²) in [4.78, 5) is 34.5. The van der Waals surface area contributed by atoms with E-state index in [4.69, 9.17) is 4.42 Å². The van der Waals surface area contributed by atoms with Crippen LogP contribution in [0.15, 0.2) is 47.1 Å². The zero-order chi connectivity index (χ0) is 17.4. The second kappa shape index (κ2) is 8.52. The molecule has 126 valence electrons. The molecule has 2 rings (SSSR count). The zero-order valence-electron chi connectivity index (χ0n) is 13.3. The van der Waals surface area contributed by atoms with Crippen LogP contribution in [0.5, 0.6) is 0 Å². The van der Waals surface area contributed by atoms with Crippen molar-refractivity contribution in [1.82, 2.24) is 16.0 Å². The molecule has 0 bridgehead atoms. The number of amides is 3. The molecule has 3 amide bonds. The lowest BCUT2D eigenvalue weighted by molar-refractivity contribution is -0.119. The van der Waals surface area contributed by atoms with Crippen molar-refractivity contribution in [3.63, 3.8) is 0 Å². The minimum atomic E-state index is -0.323. The first-order valence-corrected chi connectivity index (χ1v) is 7.49. The Bertz CT molecular complexity index is 693. The molecule has 24 heavy (non-hydrogen) atoms. The van der Waals surface area contributed by atoms with Crippen molar-refractivity contribution in [2.45, 2.75) is 13.5 Å². The van der Waals surface area contributed by atoms with Crippen LogP contribution in [0.2, 0.25) is 0 Å². The molecular formula is C17H19N3O4. The lowest BCUT2D eigenvalue weighted by atomic mass is 10.1. The van der Waals surface area contributed by atoms with Crippen molar-refractivity contribution in [1.29, 1.82) is 0 Å². The molecule has 1 heterocycles. The summed E-state index contributed by atoms with van der Waals surface area (Å²) in [5.74, 6) is -0.422. The normalized spacial score (nSPS) is 10.0. The summed E-state index contributed by atoms with van der Waals surface area (Å²) >= 11 is 0. The Balaban J connectivity index is 1.72. The summed E-state index contributed by atoms with van der Waals surface area (Å²) in [6.07, 6.45) is 1.42. The SMILES string of the molecule is CC(=O)NCc1ccc(C(=O)NCCNC(=O)c2ccco2)cc1. The Morgan fingerprint density at radius 2 is 1.58 bits per heavy atom. The molecule has 1 aromatic carbocycles. The highest BCUT2D eigenvalue weighted by Gasteiger charge is 2.08. The van der Waals surface area contributed by atoms with Gasteiger partial charge in [0.15, 0.2) is 5.76 Å². The maximum Gasteiger partial charge on any atom is 0.287 e. The maximum absolute atomic E-state index is 12.0. The van der Waals surface area contributed by atoms with E-state index in [0.29, 0.717) is 25.2 Å². The lowest BCUT2D eigenvalue weighted by Crippen LogP contribution is -2.34. The molecule has 2 aromatic rings. The first-order chi connectivity index (χ1) is 11.6. The Hall–Kier alpha value is -3.09. The number of carbonyl (C=O) groups is 3. The van der Waals surface area contributed by atoms with Crippen LogP contribution in [-0.4, -0.2) is 30.8 Å². The Labute approximate surface area is 139 Å². The molecule has 0 saturated carbocycles. The van der Waals surface area contributed by atoms with Crippen LogP contribution in [0.4, 0.5) is 0 Å². The summed E-state index contributed by atoms with van der Waals surface area (Å²) < 4.78 is 4.96. The fraction of sp³-hybridized carbons (Fsp3) is 0.235. The van der Waals surface area contributed by atoms with E-state index in [1.165, 1.54) is 13.2 Å². The third-order valence-corrected chi connectivity index (χ3v) is 3.20. The minimum absolute atomic E-state index is 0.103. The second-order valence-corrected chi connectivity index (χ2v) is 5.10. The highest BCUT2D eigenvalue weighted by Crippen LogP contribution is 2.04. The van der Waals surface area contributed by atoms with Gasteiger partial charge in [-0.2, -0.15) is 0 Å². The lowest BCUT2D eigenvalue weighted by Gasteiger charge is -2.07. The van der Waals surface area contributed by atoms with E-state index < -0.39 is 0 Å². The van der Waals surface area contributed by atoms with Gasteiger partial charge in [0.1, 0.15) is 0 Å². The highest BCUT2D eigenvalue weighted by molar-refractivity contribution is 5.94. The fourth-order valence-corrected chi connectivity index (χ4v) is 1.95. The van der Waals surface area contributed by atoms with Crippen LogP contribution in [0.3, 0.4) is 0 Å². The number of hydrogen-bond acceptors (Lipinski definition) is 4. The molecule has 7 nitrogen and oxygen atoms in total. The summed E-state index contributed by atoms with van der Waals surface area (Å²) in [6, 6.07) is 10.1. The number of furan rings is 1. The average molecular weight is 329 g/mol. The number of nitrogens with one attached hydrogen (secondary N) is 3. The predicted molar refractivity (Wildman–Crippen MR) is 87.3 cm³/mol. The van der Waals surface area contributed by atoms with Crippen LogP contribution in [-0.2, 0) is 11.3 Å². The summed E-state index contributed by atoms with van der Waals surface area (Å²) in [7, 11) is 0. The van der Waals surface area contributed by atoms with Crippen molar-refractivity contribution in [3.8, 4) is 0 Å². The molecule has 0 aliphatic carbocycles. The number of benzene rings is 1. The molecule has 3 N–H and O–H groups in total. The third kappa shape index (κ3) is 5.28. The van der Waals surface area contributed by atoms with Crippen LogP contribution in [0, 0.1) is 0 Å². The molecule has 1 aromatic heterocycles. The maximum atomic E-state index is 12.0. The van der Waals surface area contributed by atoms with Crippen molar-refractivity contribution in [3.05, 3.63) is 59.5 Å². The van der Waals surface area contributed by atoms with E-state index in [-0.39, 0.29) is 23.5 Å². The summed E-state index contributed by atoms with van der Waals surface area (Å²) in [5.41, 5.74) is 1.42. The third-order valence-electron chi connectivity index (χ3n) is 3.20. The van der Waals surface area contributed by atoms with Crippen molar-refractivity contribution in [2.24, 2.45) is 0 Å². The first-order valence-electron chi connectivity index (χ1n) is 7.49. The molecule has 7 heteroatoms. The van der Waals surface area contributed by atoms with Gasteiger partial charge in [-0.05, 0) is 29.8 Å². The Morgan fingerprint density at radius 3 is 2.17 bits per heavy atom. The topological polar surface area (TPSA) is 100 Å². The van der Waals surface area contributed by atoms with E-state index in [1.807, 2.05) is 0 Å². The number of hydrogen-bond donors (Lipinski definition) is 3. The first kappa shape index (κ1) is 17.3. The van der Waals surface area contributed by atoms with Gasteiger partial charge in [-0.25, -0.2) is 0 Å². The average Bonchev–Trinajstić information content (AvgIpc) is 3.11. The van der Waals surface area contributed by atoms with Gasteiger partial charge in [0.25, 0.3) is 11.8 Å². The van der Waals surface area contributed by atoms with Crippen LogP contribution < -0.4 is 16.0 Å². The zero-order valence-corrected chi connectivity index (χ0v) is 13.3. The van der Waals surface area contributed by atoms with Crippen molar-refractivity contribution in [2.75, 3.05) is 13.1 Å². The molecule has 0 aliphatic heterocycles. The summed E-state index contributed by atoms with van der Waals surface area (Å²) in [5, 5.41) is 8.04. The van der Waals surface area contributed by atoms with E-state index >= 15 is 0 Å². The van der Waals surface area contributed by atoms with Gasteiger partial charge in [-0.1, -0.05) is 12.1 Å². The molecule has 0 atom stereocenters. The minimum Gasteiger partial charge on any atom is -0.459 e.